The molecule has 3 aromatic carbocycles. The quantitative estimate of drug-likeness (QED) is 0.0832. The summed E-state index contributed by atoms with van der Waals surface area (Å²) in [5.41, 5.74) is 0.124. The lowest BCUT2D eigenvalue weighted by atomic mass is 10.0. The fourth-order valence-electron chi connectivity index (χ4n) is 4.59. The number of allylic oxidation sites excluding steroid dienone is 1. The molecule has 0 bridgehead atoms. The van der Waals surface area contributed by atoms with E-state index in [1.807, 2.05) is 24.3 Å². The zero-order valence-electron chi connectivity index (χ0n) is 18.8. The van der Waals surface area contributed by atoms with Crippen LogP contribution in [-0.4, -0.2) is 21.1 Å². The zero-order valence-corrected chi connectivity index (χ0v) is 19.7. The first-order valence-corrected chi connectivity index (χ1v) is 11.9. The van der Waals surface area contributed by atoms with Crippen molar-refractivity contribution >= 4 is 50.1 Å². The molecule has 10 heteroatoms. The van der Waals surface area contributed by atoms with E-state index in [0.717, 1.165) is 22.1 Å². The van der Waals surface area contributed by atoms with E-state index in [1.54, 1.807) is 29.7 Å². The Balaban J connectivity index is 1.46. The van der Waals surface area contributed by atoms with Crippen molar-refractivity contribution < 1.29 is 31.5 Å². The topological polar surface area (TPSA) is 52.0 Å². The molecule has 5 aromatic rings. The number of Topliss-reactive ketones (excluding diaryl/α,β-unsaturated/α-hetero) is 2. The van der Waals surface area contributed by atoms with Crippen LogP contribution in [0.3, 0.4) is 0 Å². The van der Waals surface area contributed by atoms with Gasteiger partial charge in [0.2, 0.25) is 5.82 Å². The molecular formula is C27H13F5N2O2S. The predicted octanol–water partition coefficient (Wildman–Crippen LogP) is 7.10. The maximum atomic E-state index is 14.3. The van der Waals surface area contributed by atoms with E-state index in [4.69, 9.17) is 0 Å². The first-order chi connectivity index (χ1) is 17.7. The summed E-state index contributed by atoms with van der Waals surface area (Å²) in [7, 11) is 0. The Bertz CT molecular complexity index is 1780. The number of carbonyl (C=O) groups excluding carboxylic acids is 2. The Morgan fingerprint density at radius 2 is 1.38 bits per heavy atom. The van der Waals surface area contributed by atoms with Gasteiger partial charge >= 0.3 is 0 Å². The number of ketones is 2. The molecule has 4 nitrogen and oxygen atoms in total. The molecule has 37 heavy (non-hydrogen) atoms. The Morgan fingerprint density at radius 3 is 1.92 bits per heavy atom. The minimum atomic E-state index is -2.24. The smallest absolute Gasteiger partial charge is 0.200 e. The van der Waals surface area contributed by atoms with Crippen molar-refractivity contribution in [2.45, 2.75) is 13.5 Å². The fourth-order valence-corrected chi connectivity index (χ4v) is 5.63. The third-order valence-corrected chi connectivity index (χ3v) is 7.39. The summed E-state index contributed by atoms with van der Waals surface area (Å²) in [5, 5.41) is 1.27. The number of rotatable bonds is 3. The van der Waals surface area contributed by atoms with Crippen LogP contribution >= 0.6 is 11.3 Å². The van der Waals surface area contributed by atoms with Crippen LogP contribution in [0.25, 0.3) is 37.8 Å². The lowest BCUT2D eigenvalue weighted by Crippen LogP contribution is -2.05. The molecule has 1 aliphatic rings. The molecule has 0 saturated carbocycles. The van der Waals surface area contributed by atoms with Crippen LogP contribution in [0.4, 0.5) is 22.0 Å². The molecule has 6 rings (SSSR count). The molecule has 0 atom stereocenters. The summed E-state index contributed by atoms with van der Waals surface area (Å²) in [6.45, 7) is 2.04. The number of fused-ring (bicyclic) bond motifs is 3. The van der Waals surface area contributed by atoms with Crippen LogP contribution in [0.5, 0.6) is 0 Å². The first kappa shape index (κ1) is 23.2. The molecule has 184 valence electrons. The summed E-state index contributed by atoms with van der Waals surface area (Å²) < 4.78 is 71.5. The highest BCUT2D eigenvalue weighted by atomic mass is 32.1. The van der Waals surface area contributed by atoms with Gasteiger partial charge < -0.3 is 4.57 Å². The summed E-state index contributed by atoms with van der Waals surface area (Å²) >= 11 is 0.734. The van der Waals surface area contributed by atoms with Crippen molar-refractivity contribution in [3.8, 4) is 10.6 Å². The molecular weight excluding hydrogens is 511 g/mol. The minimum Gasteiger partial charge on any atom is -0.325 e. The number of aromatic nitrogens is 2. The lowest BCUT2D eigenvalue weighted by Gasteiger charge is -2.06. The van der Waals surface area contributed by atoms with Gasteiger partial charge in [0.25, 0.3) is 0 Å². The molecule has 0 unspecified atom stereocenters. The van der Waals surface area contributed by atoms with Gasteiger partial charge in [-0.15, -0.1) is 11.3 Å². The maximum Gasteiger partial charge on any atom is 0.200 e. The Labute approximate surface area is 209 Å². The van der Waals surface area contributed by atoms with E-state index in [-0.39, 0.29) is 16.2 Å². The van der Waals surface area contributed by atoms with Crippen molar-refractivity contribution in [1.82, 2.24) is 9.55 Å². The van der Waals surface area contributed by atoms with Crippen LogP contribution in [0.2, 0.25) is 0 Å². The van der Waals surface area contributed by atoms with Gasteiger partial charge in [0, 0.05) is 23.4 Å². The number of halogens is 5. The number of hydrogen-bond donors (Lipinski definition) is 0. The van der Waals surface area contributed by atoms with E-state index in [1.165, 1.54) is 6.08 Å². The highest BCUT2D eigenvalue weighted by Gasteiger charge is 2.34. The van der Waals surface area contributed by atoms with Crippen LogP contribution < -0.4 is 0 Å². The molecule has 0 radical (unpaired) electrons. The van der Waals surface area contributed by atoms with Crippen LogP contribution in [0.15, 0.2) is 48.0 Å². The summed E-state index contributed by atoms with van der Waals surface area (Å²) in [6, 6.07) is 12.3. The van der Waals surface area contributed by atoms with E-state index in [2.05, 4.69) is 4.98 Å². The van der Waals surface area contributed by atoms with Gasteiger partial charge in [-0.25, -0.2) is 26.9 Å². The highest BCUT2D eigenvalue weighted by molar-refractivity contribution is 7.21. The van der Waals surface area contributed by atoms with Gasteiger partial charge in [0.05, 0.1) is 15.8 Å². The maximum absolute atomic E-state index is 14.3. The number of benzene rings is 3. The van der Waals surface area contributed by atoms with Crippen LogP contribution in [0, 0.1) is 29.1 Å². The van der Waals surface area contributed by atoms with Gasteiger partial charge in [0.1, 0.15) is 5.01 Å². The molecule has 0 spiro atoms. The second kappa shape index (κ2) is 8.17. The molecule has 0 saturated heterocycles. The van der Waals surface area contributed by atoms with Gasteiger partial charge in [-0.2, -0.15) is 0 Å². The van der Waals surface area contributed by atoms with Gasteiger partial charge in [-0.3, -0.25) is 9.59 Å². The average Bonchev–Trinajstić information content (AvgIpc) is 3.51. The SMILES string of the molecule is CCn1c(C=C2C(=O)c3cc4ccccc4cc3C2=O)cc2sc(-c3c(F)c(F)c(F)c(F)c3F)nc21. The van der Waals surface area contributed by atoms with E-state index in [9.17, 15) is 31.5 Å². The normalized spacial score (nSPS) is 13.3. The van der Waals surface area contributed by atoms with Gasteiger partial charge in [-0.05, 0) is 42.0 Å². The van der Waals surface area contributed by atoms with Crippen LogP contribution in [-0.2, 0) is 6.54 Å². The van der Waals surface area contributed by atoms with Crippen molar-refractivity contribution in [3.05, 3.63) is 93.9 Å². The lowest BCUT2D eigenvalue weighted by molar-refractivity contribution is 0.0990. The predicted molar refractivity (Wildman–Crippen MR) is 129 cm³/mol. The second-order valence-corrected chi connectivity index (χ2v) is 9.46. The summed E-state index contributed by atoms with van der Waals surface area (Å²) in [6.07, 6.45) is 1.44. The van der Waals surface area contributed by atoms with Crippen molar-refractivity contribution in [2.24, 2.45) is 0 Å². The van der Waals surface area contributed by atoms with E-state index >= 15 is 0 Å². The Hall–Kier alpha value is -4.18. The molecule has 2 heterocycles. The average molecular weight is 524 g/mol. The number of thiazole rings is 1. The number of aryl methyl sites for hydroxylation is 1. The standard InChI is InChI=1S/C27H13F5N2O2S/c1-2-34-13(9-16-24(35)14-7-11-5-3-4-6-12(11)8-15(14)25(16)36)10-17-26(34)33-27(37-17)18-19(28)21(30)23(32)22(31)20(18)29/h3-10H,2H2,1H3. The van der Waals surface area contributed by atoms with Crippen LogP contribution in [0.1, 0.15) is 33.3 Å². The van der Waals surface area contributed by atoms with Gasteiger partial charge in [0.15, 0.2) is 40.5 Å². The monoisotopic (exact) mass is 524 g/mol. The van der Waals surface area contributed by atoms with E-state index in [0.29, 0.717) is 28.1 Å². The summed E-state index contributed by atoms with van der Waals surface area (Å²) in [4.78, 5) is 30.4. The van der Waals surface area contributed by atoms with Gasteiger partial charge in [-0.1, -0.05) is 24.3 Å². The van der Waals surface area contributed by atoms with E-state index < -0.39 is 46.2 Å². The Kier molecular flexibility index (Phi) is 5.13. The molecule has 0 aliphatic heterocycles. The number of hydrogen-bond acceptors (Lipinski definition) is 4. The third kappa shape index (κ3) is 3.28. The molecule has 2 aromatic heterocycles. The highest BCUT2D eigenvalue weighted by Crippen LogP contribution is 2.38. The molecule has 0 fully saturated rings. The molecule has 0 N–H and O–H groups in total. The first-order valence-electron chi connectivity index (χ1n) is 11.1. The third-order valence-electron chi connectivity index (χ3n) is 6.38. The number of nitrogens with zero attached hydrogens (tertiary/aromatic N) is 2. The van der Waals surface area contributed by atoms with Crippen molar-refractivity contribution in [3.63, 3.8) is 0 Å². The second-order valence-electron chi connectivity index (χ2n) is 8.43. The van der Waals surface area contributed by atoms with Crippen molar-refractivity contribution in [1.29, 1.82) is 0 Å². The fraction of sp³-hybridized carbons (Fsp3) is 0.0741. The van der Waals surface area contributed by atoms with Crippen molar-refractivity contribution in [2.75, 3.05) is 0 Å². The zero-order chi connectivity index (χ0) is 26.2. The molecule has 0 amide bonds. The number of carbonyl (C=O) groups is 2. The summed E-state index contributed by atoms with van der Waals surface area (Å²) in [5.74, 6) is -11.1. The minimum absolute atomic E-state index is 0.0369. The molecule has 1 aliphatic carbocycles. The largest absolute Gasteiger partial charge is 0.325 e. The Morgan fingerprint density at radius 1 is 0.838 bits per heavy atom.